The summed E-state index contributed by atoms with van der Waals surface area (Å²) in [6.45, 7) is 10.3. The molecular weight excluding hydrogens is 524 g/mol. The van der Waals surface area contributed by atoms with Gasteiger partial charge in [-0.2, -0.15) is 0 Å². The summed E-state index contributed by atoms with van der Waals surface area (Å²) in [6, 6.07) is 5.45. The van der Waals surface area contributed by atoms with Crippen molar-refractivity contribution in [2.45, 2.75) is 65.9 Å². The molecule has 0 aromatic heterocycles. The lowest BCUT2D eigenvalue weighted by molar-refractivity contribution is -0.132. The second-order valence-electron chi connectivity index (χ2n) is 11.5. The Hall–Kier alpha value is -3.37. The van der Waals surface area contributed by atoms with Crippen molar-refractivity contribution < 1.29 is 29.0 Å². The minimum absolute atomic E-state index is 0.0296. The van der Waals surface area contributed by atoms with E-state index in [-0.39, 0.29) is 43.2 Å². The Balaban J connectivity index is 2.06. The molecule has 1 unspecified atom stereocenters. The minimum atomic E-state index is -1.55. The highest BCUT2D eigenvalue weighted by atomic mass is 16.7. The van der Waals surface area contributed by atoms with Gasteiger partial charge in [0.25, 0.3) is 0 Å². The summed E-state index contributed by atoms with van der Waals surface area (Å²) >= 11 is 0. The molecule has 1 heterocycles. The highest BCUT2D eigenvalue weighted by Gasteiger charge is 2.49. The average molecular weight is 571 g/mol. The zero-order valence-electron chi connectivity index (χ0n) is 24.8. The number of rotatable bonds is 16. The summed E-state index contributed by atoms with van der Waals surface area (Å²) in [4.78, 5) is 41.5. The fraction of sp³-hybridized carbons (Fsp3) is 0.581. The zero-order valence-corrected chi connectivity index (χ0v) is 24.8. The Morgan fingerprint density at radius 1 is 1.10 bits per heavy atom. The highest BCUT2D eigenvalue weighted by Crippen LogP contribution is 2.45. The van der Waals surface area contributed by atoms with Crippen molar-refractivity contribution in [3.8, 4) is 11.5 Å². The quantitative estimate of drug-likeness (QED) is 0.222. The van der Waals surface area contributed by atoms with E-state index in [1.165, 1.54) is 12.2 Å². The predicted octanol–water partition coefficient (Wildman–Crippen LogP) is 2.43. The molecule has 0 fully saturated rings. The molecular formula is C31H46N4O6. The van der Waals surface area contributed by atoms with E-state index in [0.29, 0.717) is 37.1 Å². The van der Waals surface area contributed by atoms with E-state index in [0.717, 1.165) is 24.8 Å². The number of nitrogens with one attached hydrogen (secondary N) is 1. The number of hydrogen-bond acceptors (Lipinski definition) is 7. The van der Waals surface area contributed by atoms with Gasteiger partial charge in [-0.25, -0.2) is 0 Å². The molecule has 0 radical (unpaired) electrons. The maximum Gasteiger partial charge on any atom is 0.249 e. The first kappa shape index (κ1) is 32.1. The molecule has 6 N–H and O–H groups in total. The molecule has 3 atom stereocenters. The predicted molar refractivity (Wildman–Crippen MR) is 157 cm³/mol. The molecule has 2 aliphatic rings. The minimum Gasteiger partial charge on any atom is -0.454 e. The molecule has 226 valence electrons. The van der Waals surface area contributed by atoms with Crippen LogP contribution in [0.5, 0.6) is 11.5 Å². The van der Waals surface area contributed by atoms with Crippen LogP contribution < -0.4 is 26.3 Å². The molecule has 1 aliphatic carbocycles. The summed E-state index contributed by atoms with van der Waals surface area (Å²) in [6.07, 6.45) is 4.49. The second-order valence-corrected chi connectivity index (χ2v) is 11.5. The van der Waals surface area contributed by atoms with Crippen LogP contribution in [0.4, 0.5) is 0 Å². The van der Waals surface area contributed by atoms with E-state index in [2.05, 4.69) is 19.2 Å². The molecule has 3 rings (SSSR count). The van der Waals surface area contributed by atoms with Crippen LogP contribution in [-0.4, -0.2) is 66.8 Å². The number of amides is 3. The van der Waals surface area contributed by atoms with Crippen molar-refractivity contribution >= 4 is 17.7 Å². The van der Waals surface area contributed by atoms with Crippen LogP contribution in [0, 0.1) is 17.3 Å². The normalized spacial score (nSPS) is 19.4. The number of benzene rings is 1. The number of carbonyl (C=O) groups excluding carboxylic acids is 3. The fourth-order valence-corrected chi connectivity index (χ4v) is 5.61. The first-order valence-corrected chi connectivity index (χ1v) is 14.6. The topological polar surface area (TPSA) is 157 Å². The summed E-state index contributed by atoms with van der Waals surface area (Å²) in [7, 11) is 0. The number of primary amides is 2. The van der Waals surface area contributed by atoms with Gasteiger partial charge in [-0.3, -0.25) is 14.4 Å². The maximum atomic E-state index is 13.7. The summed E-state index contributed by atoms with van der Waals surface area (Å²) in [5, 5.41) is 14.9. The van der Waals surface area contributed by atoms with Crippen LogP contribution in [0.1, 0.15) is 58.9 Å². The number of nitrogens with zero attached hydrogens (tertiary/aromatic N) is 1. The van der Waals surface area contributed by atoms with Gasteiger partial charge < -0.3 is 36.3 Å². The van der Waals surface area contributed by atoms with Crippen molar-refractivity contribution in [3.63, 3.8) is 0 Å². The van der Waals surface area contributed by atoms with Crippen molar-refractivity contribution in [2.75, 3.05) is 33.0 Å². The molecule has 0 spiro atoms. The van der Waals surface area contributed by atoms with Gasteiger partial charge in [-0.15, -0.1) is 0 Å². The highest BCUT2D eigenvalue weighted by molar-refractivity contribution is 6.03. The van der Waals surface area contributed by atoms with Crippen molar-refractivity contribution in [3.05, 3.63) is 47.1 Å². The van der Waals surface area contributed by atoms with Gasteiger partial charge in [0.05, 0.1) is 11.5 Å². The van der Waals surface area contributed by atoms with Crippen molar-refractivity contribution in [1.82, 2.24) is 10.2 Å². The van der Waals surface area contributed by atoms with Crippen molar-refractivity contribution in [2.24, 2.45) is 28.7 Å². The van der Waals surface area contributed by atoms with E-state index in [9.17, 15) is 19.5 Å². The zero-order chi connectivity index (χ0) is 30.2. The smallest absolute Gasteiger partial charge is 0.249 e. The molecule has 1 aliphatic heterocycles. The molecule has 41 heavy (non-hydrogen) atoms. The molecule has 10 nitrogen and oxygen atoms in total. The first-order chi connectivity index (χ1) is 19.5. The van der Waals surface area contributed by atoms with Gasteiger partial charge in [0.15, 0.2) is 11.5 Å². The lowest BCUT2D eigenvalue weighted by Gasteiger charge is -2.42. The molecule has 1 aromatic rings. The number of carbonyl (C=O) groups is 3. The lowest BCUT2D eigenvalue weighted by Crippen LogP contribution is -2.52. The summed E-state index contributed by atoms with van der Waals surface area (Å²) in [5.41, 5.74) is 11.4. The van der Waals surface area contributed by atoms with Gasteiger partial charge >= 0.3 is 0 Å². The SMILES string of the molecule is CCCN(CCC)C(=O)C1=CC(C(N)=O)=CC(C(N)=O)([C@H](Cc2ccc3c(c2)OCO3)[C@@H](O)CNCCC(C)C)C1. The number of nitrogens with two attached hydrogens (primary N) is 2. The molecule has 10 heteroatoms. The summed E-state index contributed by atoms with van der Waals surface area (Å²) < 4.78 is 11.0. The van der Waals surface area contributed by atoms with Gasteiger partial charge in [0.1, 0.15) is 0 Å². The number of aliphatic hydroxyl groups is 1. The fourth-order valence-electron chi connectivity index (χ4n) is 5.61. The lowest BCUT2D eigenvalue weighted by atomic mass is 9.63. The van der Waals surface area contributed by atoms with Crippen molar-refractivity contribution in [1.29, 1.82) is 0 Å². The summed E-state index contributed by atoms with van der Waals surface area (Å²) in [5.74, 6) is -0.901. The maximum absolute atomic E-state index is 13.7. The largest absolute Gasteiger partial charge is 0.454 e. The molecule has 0 bridgehead atoms. The van der Waals surface area contributed by atoms with Crippen LogP contribution in [0.15, 0.2) is 41.5 Å². The van der Waals surface area contributed by atoms with Crippen LogP contribution in [0.25, 0.3) is 0 Å². The van der Waals surface area contributed by atoms with E-state index in [4.69, 9.17) is 20.9 Å². The number of aliphatic hydroxyl groups excluding tert-OH is 1. The Labute approximate surface area is 243 Å². The Morgan fingerprint density at radius 2 is 1.78 bits per heavy atom. The Bertz CT molecular complexity index is 1160. The average Bonchev–Trinajstić information content (AvgIpc) is 3.41. The van der Waals surface area contributed by atoms with Crippen LogP contribution >= 0.6 is 0 Å². The second kappa shape index (κ2) is 14.5. The van der Waals surface area contributed by atoms with Crippen LogP contribution in [0.3, 0.4) is 0 Å². The molecule has 0 saturated heterocycles. The van der Waals surface area contributed by atoms with E-state index in [1.54, 1.807) is 11.0 Å². The van der Waals surface area contributed by atoms with Crippen LogP contribution in [0.2, 0.25) is 0 Å². The molecule has 0 saturated carbocycles. The number of hydrogen-bond donors (Lipinski definition) is 4. The Kier molecular flexibility index (Phi) is 11.4. The van der Waals surface area contributed by atoms with Gasteiger partial charge in [0.2, 0.25) is 24.5 Å². The molecule has 1 aromatic carbocycles. The number of fused-ring (bicyclic) bond motifs is 1. The van der Waals surface area contributed by atoms with E-state index in [1.807, 2.05) is 26.0 Å². The third kappa shape index (κ3) is 7.89. The van der Waals surface area contributed by atoms with Gasteiger partial charge in [-0.05, 0) is 68.3 Å². The van der Waals surface area contributed by atoms with Gasteiger partial charge in [0, 0.05) is 36.7 Å². The van der Waals surface area contributed by atoms with E-state index < -0.39 is 29.3 Å². The molecule has 3 amide bonds. The van der Waals surface area contributed by atoms with E-state index >= 15 is 0 Å². The van der Waals surface area contributed by atoms with Crippen LogP contribution in [-0.2, 0) is 20.8 Å². The third-order valence-corrected chi connectivity index (χ3v) is 7.79. The monoisotopic (exact) mass is 570 g/mol. The van der Waals surface area contributed by atoms with Gasteiger partial charge in [-0.1, -0.05) is 39.8 Å². The third-order valence-electron chi connectivity index (χ3n) is 7.79. The standard InChI is InChI=1S/C31H46N4O6/c1-5-11-35(12-6-2)29(38)23-15-22(28(32)37)16-31(17-23,30(33)39)24(25(36)18-34-10-9-20(3)4)13-21-7-8-26-27(14-21)41-19-40-26/h7-8,14-16,20,24-25,34,36H,5-6,9-13,17-19H2,1-4H3,(H2,32,37)(H2,33,39)/t24-,25+,31?/m1/s1. The number of ether oxygens (including phenoxy) is 2. The Morgan fingerprint density at radius 3 is 2.39 bits per heavy atom. The first-order valence-electron chi connectivity index (χ1n) is 14.6.